The average Bonchev–Trinajstić information content (AvgIpc) is 2.08. The van der Waals surface area contributed by atoms with Crippen LogP contribution < -0.4 is 9.47 Å². The van der Waals surface area contributed by atoms with Crippen molar-refractivity contribution < 1.29 is 22.6 Å². The van der Waals surface area contributed by atoms with E-state index in [1.165, 1.54) is 19.1 Å². The van der Waals surface area contributed by atoms with Crippen molar-refractivity contribution in [2.75, 3.05) is 0 Å². The summed E-state index contributed by atoms with van der Waals surface area (Å²) in [5, 5.41) is 0. The SMILES string of the molecule is Cc1cccc(OC(C)C)c1OC(F)(F)F. The fourth-order valence-corrected chi connectivity index (χ4v) is 1.22. The van der Waals surface area contributed by atoms with E-state index >= 15 is 0 Å². The Bertz CT molecular complexity index is 359. The molecular weight excluding hydrogens is 221 g/mol. The van der Waals surface area contributed by atoms with Crippen molar-refractivity contribution in [3.05, 3.63) is 23.8 Å². The van der Waals surface area contributed by atoms with Gasteiger partial charge < -0.3 is 9.47 Å². The van der Waals surface area contributed by atoms with Crippen molar-refractivity contribution >= 4 is 0 Å². The number of ether oxygens (including phenoxy) is 2. The lowest BCUT2D eigenvalue weighted by molar-refractivity contribution is -0.275. The molecule has 0 atom stereocenters. The Hall–Kier alpha value is -1.39. The lowest BCUT2D eigenvalue weighted by atomic mass is 10.2. The first-order valence-corrected chi connectivity index (χ1v) is 4.81. The van der Waals surface area contributed by atoms with Gasteiger partial charge in [0.05, 0.1) is 6.10 Å². The van der Waals surface area contributed by atoms with Gasteiger partial charge in [0.25, 0.3) is 0 Å². The van der Waals surface area contributed by atoms with Gasteiger partial charge in [-0.1, -0.05) is 12.1 Å². The topological polar surface area (TPSA) is 18.5 Å². The molecule has 0 saturated heterocycles. The van der Waals surface area contributed by atoms with E-state index < -0.39 is 6.36 Å². The van der Waals surface area contributed by atoms with E-state index in [1.54, 1.807) is 19.9 Å². The molecule has 0 N–H and O–H groups in total. The van der Waals surface area contributed by atoms with Crippen LogP contribution in [0.3, 0.4) is 0 Å². The van der Waals surface area contributed by atoms with Crippen LogP contribution >= 0.6 is 0 Å². The number of rotatable bonds is 3. The third-order valence-electron chi connectivity index (χ3n) is 1.76. The van der Waals surface area contributed by atoms with Gasteiger partial charge in [0.2, 0.25) is 0 Å². The van der Waals surface area contributed by atoms with E-state index in [0.717, 1.165) is 0 Å². The molecule has 90 valence electrons. The third-order valence-corrected chi connectivity index (χ3v) is 1.76. The van der Waals surface area contributed by atoms with Gasteiger partial charge in [0, 0.05) is 0 Å². The lowest BCUT2D eigenvalue weighted by Gasteiger charge is -2.17. The van der Waals surface area contributed by atoms with Crippen LogP contribution in [0.4, 0.5) is 13.2 Å². The molecule has 0 aliphatic rings. The highest BCUT2D eigenvalue weighted by Crippen LogP contribution is 2.35. The number of benzene rings is 1. The molecule has 1 aromatic rings. The van der Waals surface area contributed by atoms with Crippen molar-refractivity contribution in [2.45, 2.75) is 33.2 Å². The number of alkyl halides is 3. The molecule has 0 amide bonds. The van der Waals surface area contributed by atoms with Gasteiger partial charge in [-0.3, -0.25) is 0 Å². The second-order valence-electron chi connectivity index (χ2n) is 3.62. The number of para-hydroxylation sites is 1. The van der Waals surface area contributed by atoms with Crippen molar-refractivity contribution in [3.8, 4) is 11.5 Å². The number of hydrogen-bond donors (Lipinski definition) is 0. The molecule has 0 unspecified atom stereocenters. The number of hydrogen-bond acceptors (Lipinski definition) is 2. The molecule has 1 rings (SSSR count). The number of aryl methyl sites for hydroxylation is 1. The van der Waals surface area contributed by atoms with Crippen LogP contribution in [-0.2, 0) is 0 Å². The van der Waals surface area contributed by atoms with Crippen molar-refractivity contribution in [1.82, 2.24) is 0 Å². The molecule has 0 bridgehead atoms. The lowest BCUT2D eigenvalue weighted by Crippen LogP contribution is -2.19. The van der Waals surface area contributed by atoms with Gasteiger partial charge in [-0.2, -0.15) is 0 Å². The smallest absolute Gasteiger partial charge is 0.487 e. The second-order valence-corrected chi connectivity index (χ2v) is 3.62. The van der Waals surface area contributed by atoms with Gasteiger partial charge in [-0.15, -0.1) is 13.2 Å². The largest absolute Gasteiger partial charge is 0.573 e. The van der Waals surface area contributed by atoms with Gasteiger partial charge in [0.15, 0.2) is 11.5 Å². The molecule has 0 spiro atoms. The maximum atomic E-state index is 12.2. The van der Waals surface area contributed by atoms with E-state index in [1.807, 2.05) is 0 Å². The van der Waals surface area contributed by atoms with Crippen LogP contribution in [0.2, 0.25) is 0 Å². The second kappa shape index (κ2) is 4.63. The van der Waals surface area contributed by atoms with Gasteiger partial charge in [-0.05, 0) is 32.4 Å². The molecule has 0 aliphatic carbocycles. The summed E-state index contributed by atoms with van der Waals surface area (Å²) in [6, 6.07) is 4.61. The van der Waals surface area contributed by atoms with Crippen molar-refractivity contribution in [3.63, 3.8) is 0 Å². The summed E-state index contributed by atoms with van der Waals surface area (Å²) in [5.41, 5.74) is 0.385. The van der Waals surface area contributed by atoms with Gasteiger partial charge in [0.1, 0.15) is 0 Å². The quantitative estimate of drug-likeness (QED) is 0.794. The maximum Gasteiger partial charge on any atom is 0.573 e. The predicted molar refractivity (Wildman–Crippen MR) is 53.6 cm³/mol. The molecule has 0 fully saturated rings. The minimum absolute atomic E-state index is 0.104. The minimum Gasteiger partial charge on any atom is -0.487 e. The fourth-order valence-electron chi connectivity index (χ4n) is 1.22. The van der Waals surface area contributed by atoms with Gasteiger partial charge in [-0.25, -0.2) is 0 Å². The van der Waals surface area contributed by atoms with Crippen LogP contribution in [0, 0.1) is 6.92 Å². The molecule has 2 nitrogen and oxygen atoms in total. The summed E-state index contributed by atoms with van der Waals surface area (Å²) < 4.78 is 45.7. The molecular formula is C11H13F3O2. The van der Waals surface area contributed by atoms with Crippen molar-refractivity contribution in [2.24, 2.45) is 0 Å². The zero-order valence-corrected chi connectivity index (χ0v) is 9.26. The normalized spacial score (nSPS) is 11.7. The van der Waals surface area contributed by atoms with E-state index in [2.05, 4.69) is 4.74 Å². The highest BCUT2D eigenvalue weighted by Gasteiger charge is 2.33. The summed E-state index contributed by atoms with van der Waals surface area (Å²) in [7, 11) is 0. The van der Waals surface area contributed by atoms with E-state index in [0.29, 0.717) is 5.56 Å². The van der Waals surface area contributed by atoms with Crippen LogP contribution in [0.1, 0.15) is 19.4 Å². The predicted octanol–water partition coefficient (Wildman–Crippen LogP) is 3.68. The highest BCUT2D eigenvalue weighted by atomic mass is 19.4. The van der Waals surface area contributed by atoms with Crippen LogP contribution in [-0.4, -0.2) is 12.5 Å². The fraction of sp³-hybridized carbons (Fsp3) is 0.455. The van der Waals surface area contributed by atoms with Gasteiger partial charge >= 0.3 is 6.36 Å². The first kappa shape index (κ1) is 12.7. The molecule has 0 aliphatic heterocycles. The molecule has 1 aromatic carbocycles. The molecule has 0 radical (unpaired) electrons. The average molecular weight is 234 g/mol. The molecule has 0 heterocycles. The molecule has 0 aromatic heterocycles. The Kier molecular flexibility index (Phi) is 3.67. The highest BCUT2D eigenvalue weighted by molar-refractivity contribution is 5.46. The Labute approximate surface area is 92.0 Å². The first-order chi connectivity index (χ1) is 7.29. The maximum absolute atomic E-state index is 12.2. The molecule has 5 heteroatoms. The van der Waals surface area contributed by atoms with Crippen LogP contribution in [0.15, 0.2) is 18.2 Å². The molecule has 0 saturated carbocycles. The first-order valence-electron chi connectivity index (χ1n) is 4.81. The van der Waals surface area contributed by atoms with Crippen LogP contribution in [0.25, 0.3) is 0 Å². The van der Waals surface area contributed by atoms with E-state index in [9.17, 15) is 13.2 Å². The van der Waals surface area contributed by atoms with E-state index in [4.69, 9.17) is 4.74 Å². The summed E-state index contributed by atoms with van der Waals surface area (Å²) in [6.45, 7) is 5.01. The molecule has 16 heavy (non-hydrogen) atoms. The van der Waals surface area contributed by atoms with Crippen molar-refractivity contribution in [1.29, 1.82) is 0 Å². The Morgan fingerprint density at radius 2 is 1.81 bits per heavy atom. The summed E-state index contributed by atoms with van der Waals surface area (Å²) in [5.74, 6) is -0.170. The Morgan fingerprint density at radius 1 is 1.19 bits per heavy atom. The summed E-state index contributed by atoms with van der Waals surface area (Å²) >= 11 is 0. The zero-order chi connectivity index (χ0) is 12.3. The number of halogens is 3. The monoisotopic (exact) mass is 234 g/mol. The van der Waals surface area contributed by atoms with Crippen LogP contribution in [0.5, 0.6) is 11.5 Å². The third kappa shape index (κ3) is 3.64. The summed E-state index contributed by atoms with van der Waals surface area (Å²) in [4.78, 5) is 0. The zero-order valence-electron chi connectivity index (χ0n) is 9.26. The van der Waals surface area contributed by atoms with E-state index in [-0.39, 0.29) is 17.6 Å². The Balaban J connectivity index is 3.03. The summed E-state index contributed by atoms with van der Waals surface area (Å²) in [6.07, 6.45) is -4.92. The Morgan fingerprint density at radius 3 is 2.31 bits per heavy atom. The minimum atomic E-state index is -4.71. The standard InChI is InChI=1S/C11H13F3O2/c1-7(2)15-9-6-4-5-8(3)10(9)16-11(12,13)14/h4-7H,1-3H3.